The minimum Gasteiger partial charge on any atom is -0.478 e. The summed E-state index contributed by atoms with van der Waals surface area (Å²) in [4.78, 5) is 10.9. The number of benzene rings is 1. The van der Waals surface area contributed by atoms with Gasteiger partial charge in [0.2, 0.25) is 0 Å². The number of fused-ring (bicyclic) bond motifs is 1. The molecule has 1 aromatic carbocycles. The summed E-state index contributed by atoms with van der Waals surface area (Å²) in [5.74, 6) is -1.04. The minimum absolute atomic E-state index is 0.115. The molecule has 2 aromatic rings. The lowest BCUT2D eigenvalue weighted by molar-refractivity contribution is 0.0699. The summed E-state index contributed by atoms with van der Waals surface area (Å²) >= 11 is 0. The average Bonchev–Trinajstić information content (AvgIpc) is 2.52. The van der Waals surface area contributed by atoms with Crippen molar-refractivity contribution >= 4 is 16.9 Å². The van der Waals surface area contributed by atoms with Gasteiger partial charge in [0.05, 0.1) is 5.56 Å². The molecule has 0 radical (unpaired) electrons. The van der Waals surface area contributed by atoms with E-state index in [1.54, 1.807) is 19.2 Å². The van der Waals surface area contributed by atoms with Crippen LogP contribution in [0, 0.1) is 11.3 Å². The molecule has 0 unspecified atom stereocenters. The van der Waals surface area contributed by atoms with Crippen LogP contribution in [0.4, 0.5) is 0 Å². The molecule has 0 saturated carbocycles. The lowest BCUT2D eigenvalue weighted by Crippen LogP contribution is -1.97. The van der Waals surface area contributed by atoms with Crippen LogP contribution in [0.25, 0.3) is 10.9 Å². The molecule has 1 N–H and O–H groups in total. The van der Waals surface area contributed by atoms with Crippen molar-refractivity contribution in [3.63, 3.8) is 0 Å². The van der Waals surface area contributed by atoms with Crippen molar-refractivity contribution in [2.24, 2.45) is 7.05 Å². The van der Waals surface area contributed by atoms with Crippen molar-refractivity contribution in [3.8, 4) is 6.07 Å². The van der Waals surface area contributed by atoms with E-state index in [0.717, 1.165) is 0 Å². The van der Waals surface area contributed by atoms with Crippen LogP contribution in [0.3, 0.4) is 0 Å². The Hall–Kier alpha value is -2.35. The van der Waals surface area contributed by atoms with Crippen LogP contribution >= 0.6 is 0 Å². The molecule has 1 aromatic heterocycles. The Labute approximate surface area is 85.2 Å². The molecular weight excluding hydrogens is 194 g/mol. The monoisotopic (exact) mass is 201 g/mol. The Bertz CT molecular complexity index is 592. The number of nitrogens with zero attached hydrogens (tertiary/aromatic N) is 3. The molecule has 1 heterocycles. The molecule has 0 atom stereocenters. The summed E-state index contributed by atoms with van der Waals surface area (Å²) in [7, 11) is 1.62. The summed E-state index contributed by atoms with van der Waals surface area (Å²) in [6.45, 7) is 0. The molecule has 5 heteroatoms. The van der Waals surface area contributed by atoms with Gasteiger partial charge in [-0.3, -0.25) is 4.68 Å². The van der Waals surface area contributed by atoms with Gasteiger partial charge in [-0.05, 0) is 12.1 Å². The van der Waals surface area contributed by atoms with E-state index in [9.17, 15) is 4.79 Å². The Morgan fingerprint density at radius 1 is 1.60 bits per heavy atom. The van der Waals surface area contributed by atoms with Gasteiger partial charge in [0.1, 0.15) is 17.3 Å². The van der Waals surface area contributed by atoms with E-state index in [2.05, 4.69) is 5.10 Å². The number of nitriles is 1. The van der Waals surface area contributed by atoms with Crippen LogP contribution in [-0.2, 0) is 7.05 Å². The smallest absolute Gasteiger partial charge is 0.337 e. The third-order valence-electron chi connectivity index (χ3n) is 2.20. The number of aromatic nitrogens is 2. The molecule has 74 valence electrons. The Morgan fingerprint density at radius 2 is 2.33 bits per heavy atom. The number of rotatable bonds is 1. The first-order chi connectivity index (χ1) is 7.15. The fourth-order valence-electron chi connectivity index (χ4n) is 1.52. The zero-order valence-corrected chi connectivity index (χ0v) is 7.93. The Morgan fingerprint density at radius 3 is 2.93 bits per heavy atom. The van der Waals surface area contributed by atoms with Crippen molar-refractivity contribution in [2.75, 3.05) is 0 Å². The maximum Gasteiger partial charge on any atom is 0.337 e. The highest BCUT2D eigenvalue weighted by Gasteiger charge is 2.14. The molecule has 5 nitrogen and oxygen atoms in total. The highest BCUT2D eigenvalue weighted by molar-refractivity contribution is 6.03. The van der Waals surface area contributed by atoms with E-state index in [1.807, 2.05) is 6.07 Å². The van der Waals surface area contributed by atoms with Gasteiger partial charge >= 0.3 is 5.97 Å². The normalized spacial score (nSPS) is 10.1. The molecule has 0 spiro atoms. The second-order valence-corrected chi connectivity index (χ2v) is 3.09. The molecule has 0 aliphatic rings. The van der Waals surface area contributed by atoms with Crippen molar-refractivity contribution in [1.82, 2.24) is 9.78 Å². The molecule has 0 bridgehead atoms. The number of hydrogen-bond donors (Lipinski definition) is 1. The maximum atomic E-state index is 10.9. The Balaban J connectivity index is 2.91. The second kappa shape index (κ2) is 3.10. The molecule has 2 rings (SSSR count). The first-order valence-electron chi connectivity index (χ1n) is 4.24. The number of carboxylic acids is 1. The molecule has 0 fully saturated rings. The molecule has 0 aliphatic heterocycles. The zero-order chi connectivity index (χ0) is 11.0. The topological polar surface area (TPSA) is 78.9 Å². The molecule has 0 aliphatic carbocycles. The number of aromatic carboxylic acids is 1. The van der Waals surface area contributed by atoms with Gasteiger partial charge in [0.25, 0.3) is 0 Å². The minimum atomic E-state index is -1.04. The molecule has 15 heavy (non-hydrogen) atoms. The van der Waals surface area contributed by atoms with E-state index in [0.29, 0.717) is 16.6 Å². The van der Waals surface area contributed by atoms with Crippen molar-refractivity contribution in [3.05, 3.63) is 29.5 Å². The number of carboxylic acid groups (broad SMARTS) is 1. The van der Waals surface area contributed by atoms with Crippen molar-refractivity contribution < 1.29 is 9.90 Å². The standard InChI is InChI=1S/C10H7N3O2/c1-13-8(5-11)6-3-2-4-7(10(14)15)9(6)12-13/h2-4H,1H3,(H,14,15). The van der Waals surface area contributed by atoms with Gasteiger partial charge in [-0.15, -0.1) is 0 Å². The highest BCUT2D eigenvalue weighted by atomic mass is 16.4. The quantitative estimate of drug-likeness (QED) is 0.750. The van der Waals surface area contributed by atoms with E-state index in [1.165, 1.54) is 10.7 Å². The summed E-state index contributed by atoms with van der Waals surface area (Å²) in [6.07, 6.45) is 0. The van der Waals surface area contributed by atoms with Crippen LogP contribution < -0.4 is 0 Å². The van der Waals surface area contributed by atoms with E-state index in [4.69, 9.17) is 10.4 Å². The average molecular weight is 201 g/mol. The van der Waals surface area contributed by atoms with Gasteiger partial charge in [-0.2, -0.15) is 10.4 Å². The highest BCUT2D eigenvalue weighted by Crippen LogP contribution is 2.20. The van der Waals surface area contributed by atoms with E-state index < -0.39 is 5.97 Å². The van der Waals surface area contributed by atoms with Gasteiger partial charge in [-0.1, -0.05) is 6.07 Å². The van der Waals surface area contributed by atoms with Crippen LogP contribution in [0.15, 0.2) is 18.2 Å². The summed E-state index contributed by atoms with van der Waals surface area (Å²) in [6, 6.07) is 6.76. The van der Waals surface area contributed by atoms with Crippen LogP contribution in [0.1, 0.15) is 16.1 Å². The third kappa shape index (κ3) is 1.23. The largest absolute Gasteiger partial charge is 0.478 e. The summed E-state index contributed by atoms with van der Waals surface area (Å²) < 4.78 is 1.39. The predicted octanol–water partition coefficient (Wildman–Crippen LogP) is 1.14. The lowest BCUT2D eigenvalue weighted by Gasteiger charge is -1.93. The third-order valence-corrected chi connectivity index (χ3v) is 2.20. The summed E-state index contributed by atoms with van der Waals surface area (Å²) in [5.41, 5.74) is 0.835. The fourth-order valence-corrected chi connectivity index (χ4v) is 1.52. The van der Waals surface area contributed by atoms with Crippen molar-refractivity contribution in [2.45, 2.75) is 0 Å². The lowest BCUT2D eigenvalue weighted by atomic mass is 10.1. The van der Waals surface area contributed by atoms with Crippen molar-refractivity contribution in [1.29, 1.82) is 5.26 Å². The SMILES string of the molecule is Cn1nc2c(C(=O)O)cccc2c1C#N. The van der Waals surface area contributed by atoms with Gasteiger partial charge in [0.15, 0.2) is 0 Å². The van der Waals surface area contributed by atoms with Crippen LogP contribution in [0.2, 0.25) is 0 Å². The number of aryl methyl sites for hydroxylation is 1. The zero-order valence-electron chi connectivity index (χ0n) is 7.93. The second-order valence-electron chi connectivity index (χ2n) is 3.09. The Kier molecular flexibility index (Phi) is 1.90. The predicted molar refractivity (Wildman–Crippen MR) is 52.4 cm³/mol. The van der Waals surface area contributed by atoms with Crippen LogP contribution in [0.5, 0.6) is 0 Å². The maximum absolute atomic E-state index is 10.9. The first kappa shape index (κ1) is 9.21. The molecule has 0 saturated heterocycles. The number of hydrogen-bond acceptors (Lipinski definition) is 3. The van der Waals surface area contributed by atoms with E-state index in [-0.39, 0.29) is 5.56 Å². The number of carbonyl (C=O) groups is 1. The van der Waals surface area contributed by atoms with Gasteiger partial charge in [-0.25, -0.2) is 4.79 Å². The fraction of sp³-hybridized carbons (Fsp3) is 0.100. The van der Waals surface area contributed by atoms with Gasteiger partial charge < -0.3 is 5.11 Å². The van der Waals surface area contributed by atoms with Crippen LogP contribution in [-0.4, -0.2) is 20.9 Å². The summed E-state index contributed by atoms with van der Waals surface area (Å²) in [5, 5.41) is 22.4. The van der Waals surface area contributed by atoms with E-state index >= 15 is 0 Å². The van der Waals surface area contributed by atoms with Gasteiger partial charge in [0, 0.05) is 12.4 Å². The molecule has 0 amide bonds. The first-order valence-corrected chi connectivity index (χ1v) is 4.24. The molecular formula is C10H7N3O2.